The van der Waals surface area contributed by atoms with E-state index in [9.17, 15) is 19.5 Å². The van der Waals surface area contributed by atoms with Crippen LogP contribution in [0.2, 0.25) is 5.02 Å². The van der Waals surface area contributed by atoms with Crippen molar-refractivity contribution in [1.82, 2.24) is 10.2 Å². The number of benzene rings is 2. The van der Waals surface area contributed by atoms with E-state index >= 15 is 0 Å². The second-order valence-corrected chi connectivity index (χ2v) is 7.16. The monoisotopic (exact) mass is 416 g/mol. The topological polar surface area (TPSA) is 95.9 Å². The zero-order valence-electron chi connectivity index (χ0n) is 15.6. The van der Waals surface area contributed by atoms with Gasteiger partial charge < -0.3 is 20.1 Å². The minimum absolute atomic E-state index is 0.0753. The molecule has 1 unspecified atom stereocenters. The average Bonchev–Trinajstić information content (AvgIpc) is 3.24. The van der Waals surface area contributed by atoms with Crippen LogP contribution in [0.25, 0.3) is 0 Å². The third-order valence-corrected chi connectivity index (χ3v) is 4.98. The Labute approximate surface area is 173 Å². The predicted molar refractivity (Wildman–Crippen MR) is 107 cm³/mol. The first kappa shape index (κ1) is 20.7. The van der Waals surface area contributed by atoms with E-state index in [0.29, 0.717) is 24.4 Å². The maximum atomic E-state index is 12.4. The first-order valence-electron chi connectivity index (χ1n) is 9.28. The summed E-state index contributed by atoms with van der Waals surface area (Å²) < 4.78 is 5.33. The van der Waals surface area contributed by atoms with Crippen molar-refractivity contribution in [3.05, 3.63) is 64.7 Å². The number of amides is 2. The van der Waals surface area contributed by atoms with Crippen LogP contribution in [0.5, 0.6) is 5.75 Å². The molecule has 0 radical (unpaired) electrons. The molecule has 1 fully saturated rings. The Hall–Kier alpha value is -3.06. The van der Waals surface area contributed by atoms with Crippen LogP contribution in [0.1, 0.15) is 28.8 Å². The van der Waals surface area contributed by atoms with Crippen molar-refractivity contribution >= 4 is 29.6 Å². The Kier molecular flexibility index (Phi) is 6.72. The lowest BCUT2D eigenvalue weighted by atomic mass is 10.1. The van der Waals surface area contributed by atoms with Crippen LogP contribution in [0.3, 0.4) is 0 Å². The molecule has 1 heterocycles. The molecule has 0 bridgehead atoms. The minimum atomic E-state index is -1.16. The smallest absolute Gasteiger partial charge is 0.415 e. The summed E-state index contributed by atoms with van der Waals surface area (Å²) in [5, 5.41) is 12.2. The van der Waals surface area contributed by atoms with Crippen molar-refractivity contribution in [3.8, 4) is 5.75 Å². The number of carboxylic acid groups (broad SMARTS) is 1. The number of carbonyl (C=O) groups is 3. The fraction of sp³-hybridized carbons (Fsp3) is 0.286. The number of aliphatic carboxylic acids is 1. The summed E-state index contributed by atoms with van der Waals surface area (Å²) in [5.74, 6) is -1.33. The van der Waals surface area contributed by atoms with E-state index < -0.39 is 17.9 Å². The molecule has 2 aromatic rings. The molecular weight excluding hydrogens is 396 g/mol. The summed E-state index contributed by atoms with van der Waals surface area (Å²) in [6.45, 7) is 1.39. The van der Waals surface area contributed by atoms with Crippen LogP contribution in [0.4, 0.5) is 4.79 Å². The summed E-state index contributed by atoms with van der Waals surface area (Å²) in [6, 6.07) is 11.9. The molecule has 2 N–H and O–H groups in total. The molecule has 1 aliphatic rings. The van der Waals surface area contributed by atoms with Crippen molar-refractivity contribution in [2.24, 2.45) is 0 Å². The molecule has 1 atom stereocenters. The summed E-state index contributed by atoms with van der Waals surface area (Å²) in [7, 11) is 0. The SMILES string of the molecule is O=C(NC(Cc1ccc(OC(=O)N2CCCC2)cc1)C(=O)O)c1ccccc1Cl. The lowest BCUT2D eigenvalue weighted by Gasteiger charge is -2.16. The first-order valence-corrected chi connectivity index (χ1v) is 9.66. The van der Waals surface area contributed by atoms with E-state index in [-0.39, 0.29) is 23.1 Å². The molecule has 29 heavy (non-hydrogen) atoms. The Bertz CT molecular complexity index is 894. The van der Waals surface area contributed by atoms with E-state index in [1.165, 1.54) is 6.07 Å². The summed E-state index contributed by atoms with van der Waals surface area (Å²) in [5.41, 5.74) is 0.891. The normalized spacial score (nSPS) is 14.3. The highest BCUT2D eigenvalue weighted by atomic mass is 35.5. The fourth-order valence-corrected chi connectivity index (χ4v) is 3.30. The Balaban J connectivity index is 1.61. The maximum absolute atomic E-state index is 12.4. The number of hydrogen-bond donors (Lipinski definition) is 2. The number of carboxylic acids is 1. The van der Waals surface area contributed by atoms with Crippen LogP contribution < -0.4 is 10.1 Å². The quantitative estimate of drug-likeness (QED) is 0.752. The van der Waals surface area contributed by atoms with Gasteiger partial charge in [0.2, 0.25) is 0 Å². The van der Waals surface area contributed by atoms with Gasteiger partial charge in [0.25, 0.3) is 5.91 Å². The predicted octanol–water partition coefficient (Wildman–Crippen LogP) is 3.36. The van der Waals surface area contributed by atoms with Crippen LogP contribution in [-0.2, 0) is 11.2 Å². The number of hydrogen-bond acceptors (Lipinski definition) is 4. The van der Waals surface area contributed by atoms with Crippen LogP contribution >= 0.6 is 11.6 Å². The highest BCUT2D eigenvalue weighted by Crippen LogP contribution is 2.18. The molecule has 0 aromatic heterocycles. The molecule has 1 aliphatic heterocycles. The number of rotatable bonds is 6. The second-order valence-electron chi connectivity index (χ2n) is 6.75. The molecule has 3 rings (SSSR count). The second kappa shape index (κ2) is 9.43. The van der Waals surface area contributed by atoms with E-state index in [1.807, 2.05) is 0 Å². The molecule has 2 amide bonds. The Morgan fingerprint density at radius 1 is 1.07 bits per heavy atom. The number of ether oxygens (including phenoxy) is 1. The molecular formula is C21H21ClN2O5. The zero-order valence-corrected chi connectivity index (χ0v) is 16.4. The minimum Gasteiger partial charge on any atom is -0.480 e. The number of carbonyl (C=O) groups excluding carboxylic acids is 2. The van der Waals surface area contributed by atoms with Gasteiger partial charge in [-0.05, 0) is 42.7 Å². The highest BCUT2D eigenvalue weighted by molar-refractivity contribution is 6.33. The molecule has 152 valence electrons. The summed E-state index contributed by atoms with van der Waals surface area (Å²) >= 11 is 6.00. The molecule has 0 aliphatic carbocycles. The van der Waals surface area contributed by atoms with Gasteiger partial charge in [-0.25, -0.2) is 9.59 Å². The van der Waals surface area contributed by atoms with E-state index in [4.69, 9.17) is 16.3 Å². The Morgan fingerprint density at radius 2 is 1.72 bits per heavy atom. The van der Waals surface area contributed by atoms with Crippen LogP contribution in [0, 0.1) is 0 Å². The third kappa shape index (κ3) is 5.48. The van der Waals surface area contributed by atoms with Crippen LogP contribution in [0.15, 0.2) is 48.5 Å². The number of halogens is 1. The number of nitrogens with one attached hydrogen (secondary N) is 1. The van der Waals surface area contributed by atoms with Crippen LogP contribution in [-0.4, -0.2) is 47.1 Å². The lowest BCUT2D eigenvalue weighted by Crippen LogP contribution is -2.42. The van der Waals surface area contributed by atoms with Gasteiger partial charge in [-0.2, -0.15) is 0 Å². The van der Waals surface area contributed by atoms with Crippen molar-refractivity contribution in [3.63, 3.8) is 0 Å². The van der Waals surface area contributed by atoms with Gasteiger partial charge in [0, 0.05) is 19.5 Å². The molecule has 0 spiro atoms. The standard InChI is InChI=1S/C21H21ClN2O5/c22-17-6-2-1-5-16(17)19(25)23-18(20(26)27)13-14-7-9-15(10-8-14)29-21(28)24-11-3-4-12-24/h1-2,5-10,18H,3-4,11-13H2,(H,23,25)(H,26,27). The first-order chi connectivity index (χ1) is 13.9. The van der Waals surface area contributed by atoms with E-state index in [0.717, 1.165) is 12.8 Å². The third-order valence-electron chi connectivity index (χ3n) is 4.65. The zero-order chi connectivity index (χ0) is 20.8. The fourth-order valence-electron chi connectivity index (χ4n) is 3.08. The van der Waals surface area contributed by atoms with Gasteiger partial charge in [0.1, 0.15) is 11.8 Å². The van der Waals surface area contributed by atoms with E-state index in [1.54, 1.807) is 47.4 Å². The molecule has 2 aromatic carbocycles. The summed E-state index contributed by atoms with van der Waals surface area (Å²) in [6.07, 6.45) is 1.65. The van der Waals surface area contributed by atoms with Gasteiger partial charge in [0.15, 0.2) is 0 Å². The van der Waals surface area contributed by atoms with Gasteiger partial charge in [-0.3, -0.25) is 4.79 Å². The van der Waals surface area contributed by atoms with E-state index in [2.05, 4.69) is 5.32 Å². The molecule has 0 saturated carbocycles. The van der Waals surface area contributed by atoms with Crippen molar-refractivity contribution in [2.45, 2.75) is 25.3 Å². The number of nitrogens with zero attached hydrogens (tertiary/aromatic N) is 1. The molecule has 1 saturated heterocycles. The molecule has 7 nitrogen and oxygen atoms in total. The summed E-state index contributed by atoms with van der Waals surface area (Å²) in [4.78, 5) is 37.6. The molecule has 8 heteroatoms. The lowest BCUT2D eigenvalue weighted by molar-refractivity contribution is -0.139. The number of likely N-dealkylation sites (tertiary alicyclic amines) is 1. The van der Waals surface area contributed by atoms with Gasteiger partial charge in [-0.15, -0.1) is 0 Å². The Morgan fingerprint density at radius 3 is 2.34 bits per heavy atom. The van der Waals surface area contributed by atoms with Gasteiger partial charge in [-0.1, -0.05) is 35.9 Å². The van der Waals surface area contributed by atoms with Crippen molar-refractivity contribution in [2.75, 3.05) is 13.1 Å². The van der Waals surface area contributed by atoms with Gasteiger partial charge >= 0.3 is 12.1 Å². The maximum Gasteiger partial charge on any atom is 0.415 e. The largest absolute Gasteiger partial charge is 0.480 e. The van der Waals surface area contributed by atoms with Crippen molar-refractivity contribution < 1.29 is 24.2 Å². The van der Waals surface area contributed by atoms with Gasteiger partial charge in [0.05, 0.1) is 10.6 Å². The highest BCUT2D eigenvalue weighted by Gasteiger charge is 2.23. The average molecular weight is 417 g/mol. The van der Waals surface area contributed by atoms with Crippen molar-refractivity contribution in [1.29, 1.82) is 0 Å².